The number of benzene rings is 1. The first-order valence-corrected chi connectivity index (χ1v) is 9.97. The second-order valence-corrected chi connectivity index (χ2v) is 7.26. The SMILES string of the molecule is CN=C(NCCNC(=O)c1scnc1C)NC1CC(=O)N(c2ccccc2)C1.I. The fourth-order valence-corrected chi connectivity index (χ4v) is 3.73. The number of halogens is 1. The van der Waals surface area contributed by atoms with Gasteiger partial charge >= 0.3 is 0 Å². The molecule has 3 rings (SSSR count). The molecule has 0 aliphatic carbocycles. The zero-order chi connectivity index (χ0) is 19.9. The number of para-hydroxylation sites is 1. The zero-order valence-electron chi connectivity index (χ0n) is 16.3. The number of nitrogens with zero attached hydrogens (tertiary/aromatic N) is 3. The molecule has 2 aromatic rings. The highest BCUT2D eigenvalue weighted by molar-refractivity contribution is 14.0. The molecule has 1 atom stereocenters. The van der Waals surface area contributed by atoms with Crippen LogP contribution >= 0.6 is 35.3 Å². The van der Waals surface area contributed by atoms with Crippen molar-refractivity contribution in [1.82, 2.24) is 20.9 Å². The fourth-order valence-electron chi connectivity index (χ4n) is 3.01. The van der Waals surface area contributed by atoms with Gasteiger partial charge < -0.3 is 20.9 Å². The molecule has 1 aromatic heterocycles. The van der Waals surface area contributed by atoms with E-state index < -0.39 is 0 Å². The number of hydrogen-bond acceptors (Lipinski definition) is 5. The van der Waals surface area contributed by atoms with Crippen molar-refractivity contribution in [2.75, 3.05) is 31.6 Å². The van der Waals surface area contributed by atoms with Gasteiger partial charge in [0.2, 0.25) is 5.91 Å². The summed E-state index contributed by atoms with van der Waals surface area (Å²) in [5.41, 5.74) is 3.30. The van der Waals surface area contributed by atoms with Crippen molar-refractivity contribution in [3.63, 3.8) is 0 Å². The van der Waals surface area contributed by atoms with Crippen LogP contribution in [0.1, 0.15) is 21.8 Å². The maximum absolute atomic E-state index is 12.3. The van der Waals surface area contributed by atoms with Gasteiger partial charge in [-0.25, -0.2) is 4.98 Å². The van der Waals surface area contributed by atoms with Crippen LogP contribution in [0.25, 0.3) is 0 Å². The molecule has 0 bridgehead atoms. The Kier molecular flexibility index (Phi) is 8.83. The monoisotopic (exact) mass is 528 g/mol. The summed E-state index contributed by atoms with van der Waals surface area (Å²) in [6, 6.07) is 9.62. The lowest BCUT2D eigenvalue weighted by molar-refractivity contribution is -0.117. The predicted molar refractivity (Wildman–Crippen MR) is 126 cm³/mol. The van der Waals surface area contributed by atoms with E-state index in [1.807, 2.05) is 37.3 Å². The fraction of sp³-hybridized carbons (Fsp3) is 0.368. The van der Waals surface area contributed by atoms with E-state index in [0.717, 1.165) is 11.4 Å². The highest BCUT2D eigenvalue weighted by atomic mass is 127. The first-order chi connectivity index (χ1) is 13.6. The number of aliphatic imine (C=N–C) groups is 1. The summed E-state index contributed by atoms with van der Waals surface area (Å²) in [6.45, 7) is 3.38. The minimum atomic E-state index is -0.121. The van der Waals surface area contributed by atoms with Crippen molar-refractivity contribution in [3.8, 4) is 0 Å². The van der Waals surface area contributed by atoms with E-state index in [-0.39, 0.29) is 41.8 Å². The number of hydrogen-bond donors (Lipinski definition) is 3. The maximum Gasteiger partial charge on any atom is 0.263 e. The molecule has 8 nitrogen and oxygen atoms in total. The topological polar surface area (TPSA) is 98.7 Å². The first-order valence-electron chi connectivity index (χ1n) is 9.09. The number of carbonyl (C=O) groups excluding carboxylic acids is 2. The molecule has 1 unspecified atom stereocenters. The molecule has 29 heavy (non-hydrogen) atoms. The molecular formula is C19H25IN6O2S. The number of rotatable bonds is 6. The van der Waals surface area contributed by atoms with Crippen LogP contribution in [-0.2, 0) is 4.79 Å². The summed E-state index contributed by atoms with van der Waals surface area (Å²) < 4.78 is 0. The maximum atomic E-state index is 12.3. The van der Waals surface area contributed by atoms with Gasteiger partial charge in [-0.3, -0.25) is 14.6 Å². The standard InChI is InChI=1S/C19H24N6O2S.HI/c1-13-17(28-12-23-13)18(27)21-8-9-22-19(20-2)24-14-10-16(26)25(11-14)15-6-4-3-5-7-15;/h3-7,12,14H,8-11H2,1-2H3,(H,21,27)(H2,20,22,24);1H. The number of amides is 2. The molecule has 156 valence electrons. The molecule has 2 heterocycles. The summed E-state index contributed by atoms with van der Waals surface area (Å²) >= 11 is 1.33. The van der Waals surface area contributed by atoms with Gasteiger partial charge in [0, 0.05) is 38.8 Å². The molecule has 0 radical (unpaired) electrons. The average Bonchev–Trinajstić information content (AvgIpc) is 3.30. The summed E-state index contributed by atoms with van der Waals surface area (Å²) in [4.78, 5) is 35.1. The van der Waals surface area contributed by atoms with Crippen LogP contribution in [0.2, 0.25) is 0 Å². The summed E-state index contributed by atoms with van der Waals surface area (Å²) in [5, 5.41) is 9.30. The van der Waals surface area contributed by atoms with Crippen LogP contribution in [0.15, 0.2) is 40.8 Å². The molecule has 3 N–H and O–H groups in total. The number of anilines is 1. The molecule has 1 aliphatic heterocycles. The summed E-state index contributed by atoms with van der Waals surface area (Å²) in [5.74, 6) is 0.576. The van der Waals surface area contributed by atoms with E-state index in [1.54, 1.807) is 17.5 Å². The second-order valence-electron chi connectivity index (χ2n) is 6.41. The van der Waals surface area contributed by atoms with Gasteiger partial charge in [0.25, 0.3) is 5.91 Å². The van der Waals surface area contributed by atoms with Crippen LogP contribution in [0.5, 0.6) is 0 Å². The Balaban J connectivity index is 0.00000300. The van der Waals surface area contributed by atoms with Crippen LogP contribution in [0.4, 0.5) is 5.69 Å². The number of aromatic nitrogens is 1. The van der Waals surface area contributed by atoms with Crippen LogP contribution in [-0.4, -0.2) is 55.5 Å². The summed E-state index contributed by atoms with van der Waals surface area (Å²) in [7, 11) is 1.68. The van der Waals surface area contributed by atoms with Crippen molar-refractivity contribution < 1.29 is 9.59 Å². The Bertz CT molecular complexity index is 857. The van der Waals surface area contributed by atoms with Crippen LogP contribution in [0, 0.1) is 6.92 Å². The molecule has 0 saturated carbocycles. The minimum absolute atomic E-state index is 0. The molecule has 1 saturated heterocycles. The van der Waals surface area contributed by atoms with Crippen molar-refractivity contribution in [2.45, 2.75) is 19.4 Å². The van der Waals surface area contributed by atoms with Crippen molar-refractivity contribution in [2.24, 2.45) is 4.99 Å². The van der Waals surface area contributed by atoms with Crippen molar-refractivity contribution >= 4 is 58.8 Å². The molecule has 2 amide bonds. The van der Waals surface area contributed by atoms with Crippen molar-refractivity contribution in [3.05, 3.63) is 46.4 Å². The highest BCUT2D eigenvalue weighted by Gasteiger charge is 2.30. The van der Waals surface area contributed by atoms with Gasteiger partial charge in [0.1, 0.15) is 4.88 Å². The van der Waals surface area contributed by atoms with E-state index in [0.29, 0.717) is 36.9 Å². The van der Waals surface area contributed by atoms with Gasteiger partial charge in [-0.05, 0) is 19.1 Å². The predicted octanol–water partition coefficient (Wildman–Crippen LogP) is 1.77. The second kappa shape index (κ2) is 11.1. The third-order valence-electron chi connectivity index (χ3n) is 4.41. The Hall–Kier alpha value is -2.21. The lowest BCUT2D eigenvalue weighted by atomic mass is 10.2. The van der Waals surface area contributed by atoms with E-state index >= 15 is 0 Å². The van der Waals surface area contributed by atoms with E-state index in [1.165, 1.54) is 11.3 Å². The van der Waals surface area contributed by atoms with Crippen LogP contribution in [0.3, 0.4) is 0 Å². The molecule has 1 aliphatic rings. The molecule has 0 spiro atoms. The van der Waals surface area contributed by atoms with Gasteiger partial charge in [-0.2, -0.15) is 0 Å². The van der Waals surface area contributed by atoms with E-state index in [2.05, 4.69) is 25.9 Å². The zero-order valence-corrected chi connectivity index (χ0v) is 19.5. The number of thiazole rings is 1. The average molecular weight is 528 g/mol. The lowest BCUT2D eigenvalue weighted by Gasteiger charge is -2.19. The molecule has 10 heteroatoms. The number of guanidine groups is 1. The Morgan fingerprint density at radius 3 is 2.66 bits per heavy atom. The van der Waals surface area contributed by atoms with E-state index in [9.17, 15) is 9.59 Å². The third kappa shape index (κ3) is 6.13. The molecule has 1 aromatic carbocycles. The quantitative estimate of drug-likeness (QED) is 0.230. The number of carbonyl (C=O) groups is 2. The van der Waals surface area contributed by atoms with E-state index in [4.69, 9.17) is 0 Å². The largest absolute Gasteiger partial charge is 0.355 e. The lowest BCUT2D eigenvalue weighted by Crippen LogP contribution is -2.46. The first kappa shape index (κ1) is 23.1. The normalized spacial score (nSPS) is 16.3. The van der Waals surface area contributed by atoms with Gasteiger partial charge in [-0.15, -0.1) is 35.3 Å². The van der Waals surface area contributed by atoms with Gasteiger partial charge in [0.15, 0.2) is 5.96 Å². The van der Waals surface area contributed by atoms with Gasteiger partial charge in [-0.1, -0.05) is 18.2 Å². The smallest absolute Gasteiger partial charge is 0.263 e. The minimum Gasteiger partial charge on any atom is -0.355 e. The molecular weight excluding hydrogens is 503 g/mol. The molecule has 1 fully saturated rings. The Labute approximate surface area is 191 Å². The number of nitrogens with one attached hydrogen (secondary N) is 3. The Morgan fingerprint density at radius 2 is 2.00 bits per heavy atom. The number of aryl methyl sites for hydroxylation is 1. The van der Waals surface area contributed by atoms with Crippen molar-refractivity contribution in [1.29, 1.82) is 0 Å². The van der Waals surface area contributed by atoms with Gasteiger partial charge in [0.05, 0.1) is 17.2 Å². The highest BCUT2D eigenvalue weighted by Crippen LogP contribution is 2.20. The Morgan fingerprint density at radius 1 is 1.28 bits per heavy atom. The van der Waals surface area contributed by atoms with Crippen LogP contribution < -0.4 is 20.9 Å². The summed E-state index contributed by atoms with van der Waals surface area (Å²) in [6.07, 6.45) is 0.414. The third-order valence-corrected chi connectivity index (χ3v) is 5.34.